The van der Waals surface area contributed by atoms with Crippen LogP contribution in [0.15, 0.2) is 30.3 Å². The van der Waals surface area contributed by atoms with Gasteiger partial charge in [0.2, 0.25) is 0 Å². The van der Waals surface area contributed by atoms with Crippen LogP contribution in [0, 0.1) is 0 Å². The number of nitrogens with one attached hydrogen (secondary N) is 1. The Morgan fingerprint density at radius 1 is 1.24 bits per heavy atom. The molecular weight excluding hydrogens is 325 g/mol. The monoisotopic (exact) mass is 345 g/mol. The summed E-state index contributed by atoms with van der Waals surface area (Å²) in [6, 6.07) is 11.2. The molecule has 0 saturated carbocycles. The number of fused-ring (bicyclic) bond motifs is 1. The highest BCUT2D eigenvalue weighted by atomic mass is 35.5. The Balaban J connectivity index is 0.00000110. The Labute approximate surface area is 142 Å². The Morgan fingerprint density at radius 3 is 2.76 bits per heavy atom. The van der Waals surface area contributed by atoms with Crippen molar-refractivity contribution < 1.29 is 0 Å². The third-order valence-corrected chi connectivity index (χ3v) is 4.59. The molecule has 116 valence electrons. The van der Waals surface area contributed by atoms with Crippen LogP contribution in [0.25, 0.3) is 0 Å². The molecule has 1 aliphatic rings. The van der Waals surface area contributed by atoms with E-state index >= 15 is 0 Å². The molecule has 0 radical (unpaired) electrons. The van der Waals surface area contributed by atoms with E-state index in [1.54, 1.807) is 11.3 Å². The Morgan fingerprint density at radius 2 is 2.00 bits per heavy atom. The molecule has 0 bridgehead atoms. The van der Waals surface area contributed by atoms with Crippen LogP contribution in [-0.4, -0.2) is 17.6 Å². The van der Waals surface area contributed by atoms with Crippen molar-refractivity contribution in [3.8, 4) is 0 Å². The first-order chi connectivity index (χ1) is 9.31. The normalized spacial score (nSPS) is 16.5. The van der Waals surface area contributed by atoms with Crippen LogP contribution >= 0.6 is 36.2 Å². The molecule has 6 heteroatoms. The van der Waals surface area contributed by atoms with Gasteiger partial charge in [-0.2, -0.15) is 0 Å². The summed E-state index contributed by atoms with van der Waals surface area (Å²) >= 11 is 1.65. The molecule has 0 saturated heterocycles. The third kappa shape index (κ3) is 4.85. The number of benzene rings is 1. The van der Waals surface area contributed by atoms with Crippen LogP contribution < -0.4 is 11.1 Å². The van der Waals surface area contributed by atoms with Crippen LogP contribution in [0.1, 0.15) is 22.6 Å². The van der Waals surface area contributed by atoms with E-state index in [1.165, 1.54) is 22.6 Å². The summed E-state index contributed by atoms with van der Waals surface area (Å²) in [5, 5.41) is 4.38. The van der Waals surface area contributed by atoms with Crippen molar-refractivity contribution in [1.29, 1.82) is 0 Å². The summed E-state index contributed by atoms with van der Waals surface area (Å²) in [6.45, 7) is 1.04. The highest BCUT2D eigenvalue weighted by Crippen LogP contribution is 2.28. The fourth-order valence-electron chi connectivity index (χ4n) is 2.63. The molecule has 0 fully saturated rings. The minimum atomic E-state index is 0. The van der Waals surface area contributed by atoms with Crippen molar-refractivity contribution in [2.45, 2.75) is 31.7 Å². The number of nitrogens with zero attached hydrogens (tertiary/aromatic N) is 1. The van der Waals surface area contributed by atoms with Gasteiger partial charge in [0.05, 0.1) is 5.69 Å². The Hall–Kier alpha value is -0.810. The molecule has 1 unspecified atom stereocenters. The maximum atomic E-state index is 5.77. The number of nitrogen functional groups attached to an aromatic ring is 1. The average molecular weight is 346 g/mol. The molecule has 1 aromatic heterocycles. The maximum Gasteiger partial charge on any atom is 0.180 e. The molecule has 1 aliphatic carbocycles. The van der Waals surface area contributed by atoms with Crippen molar-refractivity contribution in [3.05, 3.63) is 46.5 Å². The zero-order valence-electron chi connectivity index (χ0n) is 11.7. The van der Waals surface area contributed by atoms with Crippen LogP contribution in [0.5, 0.6) is 0 Å². The van der Waals surface area contributed by atoms with Crippen molar-refractivity contribution in [3.63, 3.8) is 0 Å². The fraction of sp³-hybridized carbons (Fsp3) is 0.400. The second-order valence-electron chi connectivity index (χ2n) is 5.05. The molecular formula is C15H21Cl2N3S. The van der Waals surface area contributed by atoms with Gasteiger partial charge >= 0.3 is 0 Å². The molecule has 2 aromatic rings. The summed E-state index contributed by atoms with van der Waals surface area (Å²) in [7, 11) is 0. The summed E-state index contributed by atoms with van der Waals surface area (Å²) in [6.07, 6.45) is 4.41. The third-order valence-electron chi connectivity index (χ3n) is 3.65. The molecule has 1 aromatic carbocycles. The number of thiazole rings is 1. The van der Waals surface area contributed by atoms with Crippen molar-refractivity contribution >= 4 is 41.3 Å². The van der Waals surface area contributed by atoms with E-state index in [0.717, 1.165) is 30.9 Å². The summed E-state index contributed by atoms with van der Waals surface area (Å²) in [5.74, 6) is 0. The summed E-state index contributed by atoms with van der Waals surface area (Å²) < 4.78 is 0. The van der Waals surface area contributed by atoms with E-state index in [0.29, 0.717) is 6.04 Å². The van der Waals surface area contributed by atoms with E-state index in [-0.39, 0.29) is 24.8 Å². The van der Waals surface area contributed by atoms with Crippen LogP contribution in [-0.2, 0) is 19.3 Å². The number of aryl methyl sites for hydroxylation is 1. The van der Waals surface area contributed by atoms with Gasteiger partial charge in [-0.1, -0.05) is 30.3 Å². The van der Waals surface area contributed by atoms with E-state index in [1.807, 2.05) is 0 Å². The van der Waals surface area contributed by atoms with Crippen molar-refractivity contribution in [2.24, 2.45) is 0 Å². The molecule has 3 rings (SSSR count). The highest BCUT2D eigenvalue weighted by Gasteiger charge is 2.21. The van der Waals surface area contributed by atoms with Crippen molar-refractivity contribution in [2.75, 3.05) is 12.3 Å². The lowest BCUT2D eigenvalue weighted by Crippen LogP contribution is -2.35. The number of aromatic nitrogens is 1. The quantitative estimate of drug-likeness (QED) is 0.893. The standard InChI is InChI=1S/C15H19N3S.2ClH/c16-15-18-13-7-6-12(10-14(13)19-15)17-9-8-11-4-2-1-3-5-11;;/h1-5,12,17H,6-10H2,(H2,16,18);2*1H. The number of nitrogens with two attached hydrogens (primary N) is 1. The predicted molar refractivity (Wildman–Crippen MR) is 95.0 cm³/mol. The van der Waals surface area contributed by atoms with Gasteiger partial charge in [0.25, 0.3) is 0 Å². The molecule has 1 atom stereocenters. The van der Waals surface area contributed by atoms with Gasteiger partial charge in [0.1, 0.15) is 0 Å². The van der Waals surface area contributed by atoms with Gasteiger partial charge in [-0.25, -0.2) is 4.98 Å². The number of rotatable bonds is 4. The van der Waals surface area contributed by atoms with E-state index in [9.17, 15) is 0 Å². The van der Waals surface area contributed by atoms with Crippen molar-refractivity contribution in [1.82, 2.24) is 10.3 Å². The SMILES string of the molecule is Cl.Cl.Nc1nc2c(s1)CC(NCCc1ccccc1)CC2. The summed E-state index contributed by atoms with van der Waals surface area (Å²) in [5.41, 5.74) is 8.39. The van der Waals surface area contributed by atoms with Gasteiger partial charge in [-0.15, -0.1) is 36.2 Å². The first-order valence-corrected chi connectivity index (χ1v) is 7.64. The van der Waals surface area contributed by atoms with Gasteiger partial charge in [-0.3, -0.25) is 0 Å². The predicted octanol–water partition coefficient (Wildman–Crippen LogP) is 3.26. The van der Waals surface area contributed by atoms with Crippen LogP contribution in [0.2, 0.25) is 0 Å². The molecule has 0 aliphatic heterocycles. The van der Waals surface area contributed by atoms with E-state index in [4.69, 9.17) is 5.73 Å². The van der Waals surface area contributed by atoms with Gasteiger partial charge in [-0.05, 0) is 37.8 Å². The molecule has 3 N–H and O–H groups in total. The number of anilines is 1. The second-order valence-corrected chi connectivity index (χ2v) is 6.17. The first kappa shape index (κ1) is 18.2. The average Bonchev–Trinajstić information content (AvgIpc) is 2.79. The lowest BCUT2D eigenvalue weighted by molar-refractivity contribution is 0.462. The number of halogens is 2. The van der Waals surface area contributed by atoms with E-state index in [2.05, 4.69) is 40.6 Å². The number of hydrogen-bond acceptors (Lipinski definition) is 4. The zero-order chi connectivity index (χ0) is 13.1. The maximum absolute atomic E-state index is 5.77. The molecule has 1 heterocycles. The Bertz CT molecular complexity index is 545. The van der Waals surface area contributed by atoms with Gasteiger partial charge in [0, 0.05) is 10.9 Å². The molecule has 0 spiro atoms. The molecule has 21 heavy (non-hydrogen) atoms. The van der Waals surface area contributed by atoms with Gasteiger partial charge in [0.15, 0.2) is 5.13 Å². The zero-order valence-corrected chi connectivity index (χ0v) is 14.2. The minimum absolute atomic E-state index is 0. The number of hydrogen-bond donors (Lipinski definition) is 2. The summed E-state index contributed by atoms with van der Waals surface area (Å²) in [4.78, 5) is 5.76. The van der Waals surface area contributed by atoms with Gasteiger partial charge < -0.3 is 11.1 Å². The van der Waals surface area contributed by atoms with Crippen LogP contribution in [0.3, 0.4) is 0 Å². The lowest BCUT2D eigenvalue weighted by atomic mass is 9.97. The molecule has 0 amide bonds. The fourth-order valence-corrected chi connectivity index (χ4v) is 3.59. The largest absolute Gasteiger partial charge is 0.375 e. The minimum Gasteiger partial charge on any atom is -0.375 e. The molecule has 3 nitrogen and oxygen atoms in total. The Kier molecular flexibility index (Phi) is 7.46. The topological polar surface area (TPSA) is 50.9 Å². The second kappa shape index (κ2) is 8.59. The van der Waals surface area contributed by atoms with E-state index < -0.39 is 0 Å². The smallest absolute Gasteiger partial charge is 0.180 e. The van der Waals surface area contributed by atoms with Crippen LogP contribution in [0.4, 0.5) is 5.13 Å². The highest BCUT2D eigenvalue weighted by molar-refractivity contribution is 7.15. The lowest BCUT2D eigenvalue weighted by Gasteiger charge is -2.22. The first-order valence-electron chi connectivity index (χ1n) is 6.82.